The normalized spacial score (nSPS) is 21.8. The number of piperazine rings is 1. The van der Waals surface area contributed by atoms with Gasteiger partial charge in [0.25, 0.3) is 0 Å². The van der Waals surface area contributed by atoms with Gasteiger partial charge >= 0.3 is 0 Å². The summed E-state index contributed by atoms with van der Waals surface area (Å²) in [7, 11) is 1.63. The van der Waals surface area contributed by atoms with E-state index in [0.717, 1.165) is 38.5 Å². The first kappa shape index (κ1) is 20.6. The monoisotopic (exact) mass is 389 g/mol. The first-order valence-corrected chi connectivity index (χ1v) is 9.25. The van der Waals surface area contributed by atoms with E-state index in [2.05, 4.69) is 21.2 Å². The Hall–Kier alpha value is -0.720. The summed E-state index contributed by atoms with van der Waals surface area (Å²) >= 11 is 6.37. The Morgan fingerprint density at radius 2 is 2.00 bits per heavy atom. The smallest absolute Gasteiger partial charge is 0.179 e. The number of methoxy groups -OCH3 is 1. The number of hydrogen-bond donors (Lipinski definition) is 1. The molecule has 5 nitrogen and oxygen atoms in total. The van der Waals surface area contributed by atoms with Gasteiger partial charge in [-0.05, 0) is 31.0 Å². The third-order valence-electron chi connectivity index (χ3n) is 4.89. The van der Waals surface area contributed by atoms with Crippen molar-refractivity contribution in [2.45, 2.75) is 25.9 Å². The summed E-state index contributed by atoms with van der Waals surface area (Å²) in [5.41, 5.74) is 1.19. The molecular formula is C18H29Cl2N3O2. The molecule has 1 atom stereocenters. The van der Waals surface area contributed by atoms with E-state index in [4.69, 9.17) is 21.1 Å². The second-order valence-corrected chi connectivity index (χ2v) is 6.91. The molecule has 0 amide bonds. The summed E-state index contributed by atoms with van der Waals surface area (Å²) in [5.74, 6) is 1.36. The molecule has 1 unspecified atom stereocenters. The van der Waals surface area contributed by atoms with E-state index in [-0.39, 0.29) is 12.4 Å². The average Bonchev–Trinajstić information content (AvgIpc) is 3.04. The highest BCUT2D eigenvalue weighted by molar-refractivity contribution is 6.32. The maximum Gasteiger partial charge on any atom is 0.179 e. The maximum atomic E-state index is 6.37. The SMILES string of the molecule is CCOc1cc(CN2CCC(N3CCNCC3)C2)cc(Cl)c1OC.Cl. The molecule has 3 rings (SSSR count). The number of nitrogens with one attached hydrogen (secondary N) is 1. The van der Waals surface area contributed by atoms with Crippen LogP contribution in [0.15, 0.2) is 12.1 Å². The van der Waals surface area contributed by atoms with Crippen molar-refractivity contribution in [3.63, 3.8) is 0 Å². The third kappa shape index (κ3) is 5.14. The predicted molar refractivity (Wildman–Crippen MR) is 105 cm³/mol. The topological polar surface area (TPSA) is 37.0 Å². The number of likely N-dealkylation sites (tertiary alicyclic amines) is 1. The van der Waals surface area contributed by atoms with Crippen molar-refractivity contribution in [3.05, 3.63) is 22.7 Å². The molecule has 0 aliphatic carbocycles. The zero-order chi connectivity index (χ0) is 16.9. The first-order valence-electron chi connectivity index (χ1n) is 8.87. The molecule has 2 fully saturated rings. The molecule has 0 saturated carbocycles. The van der Waals surface area contributed by atoms with Gasteiger partial charge in [0.05, 0.1) is 18.7 Å². The summed E-state index contributed by atoms with van der Waals surface area (Å²) < 4.78 is 11.1. The highest BCUT2D eigenvalue weighted by Gasteiger charge is 2.28. The van der Waals surface area contributed by atoms with Crippen LogP contribution in [0.4, 0.5) is 0 Å². The summed E-state index contributed by atoms with van der Waals surface area (Å²) in [5, 5.41) is 4.05. The maximum absolute atomic E-state index is 6.37. The van der Waals surface area contributed by atoms with Gasteiger partial charge < -0.3 is 14.8 Å². The molecule has 142 valence electrons. The minimum Gasteiger partial charge on any atom is -0.491 e. The average molecular weight is 390 g/mol. The molecule has 1 aromatic carbocycles. The molecule has 0 spiro atoms. The van der Waals surface area contributed by atoms with Gasteiger partial charge in [0.15, 0.2) is 11.5 Å². The van der Waals surface area contributed by atoms with E-state index >= 15 is 0 Å². The van der Waals surface area contributed by atoms with Crippen LogP contribution in [0.1, 0.15) is 18.9 Å². The van der Waals surface area contributed by atoms with E-state index in [0.29, 0.717) is 23.4 Å². The van der Waals surface area contributed by atoms with Gasteiger partial charge in [-0.3, -0.25) is 9.80 Å². The molecule has 0 radical (unpaired) electrons. The molecular weight excluding hydrogens is 361 g/mol. The largest absolute Gasteiger partial charge is 0.491 e. The van der Waals surface area contributed by atoms with Crippen LogP contribution >= 0.6 is 24.0 Å². The fourth-order valence-electron chi connectivity index (χ4n) is 3.73. The van der Waals surface area contributed by atoms with Crippen molar-refractivity contribution in [3.8, 4) is 11.5 Å². The van der Waals surface area contributed by atoms with Crippen molar-refractivity contribution in [2.75, 3.05) is 53.0 Å². The number of hydrogen-bond acceptors (Lipinski definition) is 5. The summed E-state index contributed by atoms with van der Waals surface area (Å²) in [6, 6.07) is 4.75. The van der Waals surface area contributed by atoms with Crippen LogP contribution in [0.2, 0.25) is 5.02 Å². The van der Waals surface area contributed by atoms with Crippen molar-refractivity contribution >= 4 is 24.0 Å². The number of benzene rings is 1. The van der Waals surface area contributed by atoms with Crippen LogP contribution in [0.5, 0.6) is 11.5 Å². The van der Waals surface area contributed by atoms with Crippen LogP contribution in [0.25, 0.3) is 0 Å². The van der Waals surface area contributed by atoms with E-state index in [9.17, 15) is 0 Å². The molecule has 1 N–H and O–H groups in total. The fourth-order valence-corrected chi connectivity index (χ4v) is 4.04. The van der Waals surface area contributed by atoms with Crippen LogP contribution in [0, 0.1) is 0 Å². The number of rotatable bonds is 6. The summed E-state index contributed by atoms with van der Waals surface area (Å²) in [4.78, 5) is 5.14. The molecule has 2 aliphatic heterocycles. The highest BCUT2D eigenvalue weighted by Crippen LogP contribution is 2.37. The molecule has 0 aromatic heterocycles. The molecule has 7 heteroatoms. The number of ether oxygens (including phenoxy) is 2. The Bertz CT molecular complexity index is 553. The van der Waals surface area contributed by atoms with E-state index in [1.807, 2.05) is 13.0 Å². The van der Waals surface area contributed by atoms with Gasteiger partial charge in [0.1, 0.15) is 0 Å². The minimum absolute atomic E-state index is 0. The Morgan fingerprint density at radius 3 is 2.68 bits per heavy atom. The Kier molecular flexibility index (Phi) is 8.10. The predicted octanol–water partition coefficient (Wildman–Crippen LogP) is 2.65. The lowest BCUT2D eigenvalue weighted by molar-refractivity contribution is 0.170. The zero-order valence-corrected chi connectivity index (χ0v) is 16.7. The number of nitrogens with zero attached hydrogens (tertiary/aromatic N) is 2. The Balaban J connectivity index is 0.00000225. The lowest BCUT2D eigenvalue weighted by Gasteiger charge is -2.32. The van der Waals surface area contributed by atoms with E-state index < -0.39 is 0 Å². The number of halogens is 2. The second kappa shape index (κ2) is 9.83. The van der Waals surface area contributed by atoms with Crippen molar-refractivity contribution in [2.24, 2.45) is 0 Å². The van der Waals surface area contributed by atoms with Gasteiger partial charge in [0.2, 0.25) is 0 Å². The van der Waals surface area contributed by atoms with E-state index in [1.165, 1.54) is 25.1 Å². The summed E-state index contributed by atoms with van der Waals surface area (Å²) in [6.07, 6.45) is 1.25. The van der Waals surface area contributed by atoms with Crippen LogP contribution < -0.4 is 14.8 Å². The quantitative estimate of drug-likeness (QED) is 0.809. The molecule has 2 aliphatic rings. The minimum atomic E-state index is 0. The second-order valence-electron chi connectivity index (χ2n) is 6.51. The molecule has 0 bridgehead atoms. The molecule has 25 heavy (non-hydrogen) atoms. The third-order valence-corrected chi connectivity index (χ3v) is 5.18. The standard InChI is InChI=1S/C18H28ClN3O2.ClH/c1-3-24-17-11-14(10-16(19)18(17)23-2)12-21-7-4-15(13-21)22-8-5-20-6-9-22;/h10-11,15,20H,3-9,12-13H2,1-2H3;1H. The Labute approximate surface area is 162 Å². The van der Waals surface area contributed by atoms with Gasteiger partial charge in [-0.1, -0.05) is 11.6 Å². The van der Waals surface area contributed by atoms with Gasteiger partial charge in [-0.25, -0.2) is 0 Å². The van der Waals surface area contributed by atoms with Crippen molar-refractivity contribution < 1.29 is 9.47 Å². The zero-order valence-electron chi connectivity index (χ0n) is 15.1. The van der Waals surface area contributed by atoms with Crippen molar-refractivity contribution in [1.82, 2.24) is 15.1 Å². The summed E-state index contributed by atoms with van der Waals surface area (Å²) in [6.45, 7) is 10.3. The van der Waals surface area contributed by atoms with Crippen LogP contribution in [-0.2, 0) is 6.54 Å². The lowest BCUT2D eigenvalue weighted by atomic mass is 10.2. The fraction of sp³-hybridized carbons (Fsp3) is 0.667. The lowest BCUT2D eigenvalue weighted by Crippen LogP contribution is -2.49. The highest BCUT2D eigenvalue weighted by atomic mass is 35.5. The van der Waals surface area contributed by atoms with E-state index in [1.54, 1.807) is 7.11 Å². The van der Waals surface area contributed by atoms with Crippen LogP contribution in [-0.4, -0.2) is 68.8 Å². The van der Waals surface area contributed by atoms with Gasteiger partial charge in [-0.15, -0.1) is 12.4 Å². The van der Waals surface area contributed by atoms with Gasteiger partial charge in [0, 0.05) is 51.9 Å². The van der Waals surface area contributed by atoms with Crippen LogP contribution in [0.3, 0.4) is 0 Å². The Morgan fingerprint density at radius 1 is 1.24 bits per heavy atom. The van der Waals surface area contributed by atoms with Gasteiger partial charge in [-0.2, -0.15) is 0 Å². The first-order chi connectivity index (χ1) is 11.7. The molecule has 2 heterocycles. The van der Waals surface area contributed by atoms with Crippen molar-refractivity contribution in [1.29, 1.82) is 0 Å². The molecule has 1 aromatic rings. The molecule has 2 saturated heterocycles.